The molecule has 4 N–H and O–H groups in total. The van der Waals surface area contributed by atoms with Crippen LogP contribution in [0.2, 0.25) is 0 Å². The van der Waals surface area contributed by atoms with Gasteiger partial charge in [0.05, 0.1) is 11.7 Å². The summed E-state index contributed by atoms with van der Waals surface area (Å²) in [6.07, 6.45) is -0.784. The zero-order chi connectivity index (χ0) is 14.4. The van der Waals surface area contributed by atoms with Crippen molar-refractivity contribution in [2.24, 2.45) is 5.73 Å². The van der Waals surface area contributed by atoms with E-state index in [-0.39, 0.29) is 17.9 Å². The van der Waals surface area contributed by atoms with Gasteiger partial charge in [0.15, 0.2) is 0 Å². The molecule has 0 aliphatic rings. The molecule has 0 aromatic heterocycles. The molecule has 19 heavy (non-hydrogen) atoms. The van der Waals surface area contributed by atoms with Gasteiger partial charge in [0.25, 0.3) is 5.91 Å². The van der Waals surface area contributed by atoms with E-state index in [9.17, 15) is 18.7 Å². The third kappa shape index (κ3) is 4.80. The number of alkyl halides is 2. The molecule has 2 atom stereocenters. The number of halogens is 2. The van der Waals surface area contributed by atoms with E-state index in [0.29, 0.717) is 0 Å². The van der Waals surface area contributed by atoms with E-state index in [2.05, 4.69) is 10.1 Å². The number of benzene rings is 1. The van der Waals surface area contributed by atoms with E-state index in [1.54, 1.807) is 0 Å². The number of rotatable bonds is 6. The lowest BCUT2D eigenvalue weighted by atomic mass is 10.1. The van der Waals surface area contributed by atoms with Crippen LogP contribution in [0.3, 0.4) is 0 Å². The number of carbonyl (C=O) groups is 1. The fourth-order valence-electron chi connectivity index (χ4n) is 1.33. The Morgan fingerprint density at radius 3 is 2.68 bits per heavy atom. The van der Waals surface area contributed by atoms with Crippen LogP contribution in [0, 0.1) is 0 Å². The smallest absolute Gasteiger partial charge is 0.387 e. The first-order valence-electron chi connectivity index (χ1n) is 5.67. The monoisotopic (exact) mass is 274 g/mol. The molecule has 7 heteroatoms. The predicted octanol–water partition coefficient (Wildman–Crippen LogP) is 0.726. The van der Waals surface area contributed by atoms with E-state index in [1.807, 2.05) is 0 Å². The average molecular weight is 274 g/mol. The van der Waals surface area contributed by atoms with Gasteiger partial charge in [-0.25, -0.2) is 0 Å². The maximum Gasteiger partial charge on any atom is 0.387 e. The van der Waals surface area contributed by atoms with Crippen molar-refractivity contribution in [3.05, 3.63) is 29.8 Å². The van der Waals surface area contributed by atoms with Gasteiger partial charge in [0.1, 0.15) is 5.75 Å². The summed E-state index contributed by atoms with van der Waals surface area (Å²) in [5, 5.41) is 11.6. The van der Waals surface area contributed by atoms with Crippen LogP contribution in [0.25, 0.3) is 0 Å². The zero-order valence-corrected chi connectivity index (χ0v) is 10.3. The molecule has 1 aromatic rings. The van der Waals surface area contributed by atoms with Gasteiger partial charge in [-0.2, -0.15) is 8.78 Å². The lowest BCUT2D eigenvalue weighted by Gasteiger charge is -2.16. The van der Waals surface area contributed by atoms with E-state index < -0.39 is 24.7 Å². The number of ether oxygens (including phenoxy) is 1. The summed E-state index contributed by atoms with van der Waals surface area (Å²) in [6.45, 7) is -1.49. The van der Waals surface area contributed by atoms with Crippen molar-refractivity contribution in [1.82, 2.24) is 5.32 Å². The summed E-state index contributed by atoms with van der Waals surface area (Å²) < 4.78 is 28.6. The Kier molecular flexibility index (Phi) is 5.65. The Hall–Kier alpha value is -1.73. The van der Waals surface area contributed by atoms with Gasteiger partial charge in [-0.15, -0.1) is 0 Å². The summed E-state index contributed by atoms with van der Waals surface area (Å²) in [7, 11) is 0. The molecule has 0 fully saturated rings. The van der Waals surface area contributed by atoms with Crippen molar-refractivity contribution in [3.8, 4) is 5.75 Å². The number of aliphatic hydroxyl groups excluding tert-OH is 1. The zero-order valence-electron chi connectivity index (χ0n) is 10.3. The van der Waals surface area contributed by atoms with E-state index in [1.165, 1.54) is 31.2 Å². The minimum Gasteiger partial charge on any atom is -0.434 e. The fraction of sp³-hybridized carbons (Fsp3) is 0.417. The number of nitrogens with two attached hydrogens (primary N) is 1. The number of amides is 1. The maximum absolute atomic E-state index is 12.2. The molecule has 1 rings (SSSR count). The van der Waals surface area contributed by atoms with Gasteiger partial charge in [0, 0.05) is 12.6 Å². The van der Waals surface area contributed by atoms with Gasteiger partial charge in [-0.1, -0.05) is 12.1 Å². The second-order valence-electron chi connectivity index (χ2n) is 3.99. The van der Waals surface area contributed by atoms with Gasteiger partial charge in [-0.05, 0) is 19.1 Å². The number of nitrogens with one attached hydrogen (secondary N) is 1. The first-order chi connectivity index (χ1) is 8.91. The van der Waals surface area contributed by atoms with Crippen LogP contribution in [-0.2, 0) is 0 Å². The van der Waals surface area contributed by atoms with Crippen LogP contribution < -0.4 is 15.8 Å². The van der Waals surface area contributed by atoms with Gasteiger partial charge >= 0.3 is 6.61 Å². The standard InChI is InChI=1S/C12H16F2N2O3/c1-7(17)9(15)6-16-11(18)8-4-2-3-5-10(8)19-12(13)14/h2-5,7,9,12,17H,6,15H2,1H3,(H,16,18). The Morgan fingerprint density at radius 2 is 2.11 bits per heavy atom. The third-order valence-corrected chi connectivity index (χ3v) is 2.47. The average Bonchev–Trinajstić information content (AvgIpc) is 2.35. The fourth-order valence-corrected chi connectivity index (χ4v) is 1.33. The molecule has 0 aliphatic heterocycles. The Balaban J connectivity index is 2.71. The quantitative estimate of drug-likeness (QED) is 0.714. The van der Waals surface area contributed by atoms with Crippen molar-refractivity contribution in [2.45, 2.75) is 25.7 Å². The van der Waals surface area contributed by atoms with Gasteiger partial charge in [0.2, 0.25) is 0 Å². The van der Waals surface area contributed by atoms with Crippen molar-refractivity contribution in [3.63, 3.8) is 0 Å². The molecule has 0 bridgehead atoms. The second kappa shape index (κ2) is 7.01. The molecule has 0 saturated heterocycles. The SMILES string of the molecule is CC(O)C(N)CNC(=O)c1ccccc1OC(F)F. The highest BCUT2D eigenvalue weighted by Gasteiger charge is 2.16. The molecule has 0 radical (unpaired) electrons. The molecule has 0 heterocycles. The van der Waals surface area contributed by atoms with Crippen molar-refractivity contribution >= 4 is 5.91 Å². The molecule has 0 aliphatic carbocycles. The first kappa shape index (κ1) is 15.3. The van der Waals surface area contributed by atoms with Crippen LogP contribution in [0.4, 0.5) is 8.78 Å². The highest BCUT2D eigenvalue weighted by Crippen LogP contribution is 2.19. The molecule has 2 unspecified atom stereocenters. The molecule has 106 valence electrons. The van der Waals surface area contributed by atoms with E-state index >= 15 is 0 Å². The number of hydrogen-bond acceptors (Lipinski definition) is 4. The lowest BCUT2D eigenvalue weighted by molar-refractivity contribution is -0.0501. The minimum absolute atomic E-state index is 0.0133. The van der Waals surface area contributed by atoms with Gasteiger partial charge < -0.3 is 20.9 Å². The molecular formula is C12H16F2N2O3. The van der Waals surface area contributed by atoms with E-state index in [0.717, 1.165) is 0 Å². The Morgan fingerprint density at radius 1 is 1.47 bits per heavy atom. The van der Waals surface area contributed by atoms with Crippen LogP contribution in [-0.4, -0.2) is 36.3 Å². The molecule has 0 spiro atoms. The Labute approximate surface area is 109 Å². The largest absolute Gasteiger partial charge is 0.434 e. The molecule has 1 amide bonds. The maximum atomic E-state index is 12.2. The minimum atomic E-state index is -3.01. The summed E-state index contributed by atoms with van der Waals surface area (Å²) in [5.41, 5.74) is 5.53. The molecule has 5 nitrogen and oxygen atoms in total. The van der Waals surface area contributed by atoms with E-state index in [4.69, 9.17) is 5.73 Å². The number of aliphatic hydroxyl groups is 1. The van der Waals surface area contributed by atoms with Crippen LogP contribution in [0.15, 0.2) is 24.3 Å². The number of carbonyl (C=O) groups excluding carboxylic acids is 1. The summed E-state index contributed by atoms with van der Waals surface area (Å²) in [6, 6.07) is 5.02. The Bertz CT molecular complexity index is 427. The van der Waals surface area contributed by atoms with Crippen LogP contribution in [0.5, 0.6) is 5.75 Å². The number of para-hydroxylation sites is 1. The molecular weight excluding hydrogens is 258 g/mol. The highest BCUT2D eigenvalue weighted by molar-refractivity contribution is 5.96. The lowest BCUT2D eigenvalue weighted by Crippen LogP contribution is -2.43. The number of hydrogen-bond donors (Lipinski definition) is 3. The summed E-state index contributed by atoms with van der Waals surface area (Å²) >= 11 is 0. The molecule has 0 saturated carbocycles. The van der Waals surface area contributed by atoms with Crippen LogP contribution in [0.1, 0.15) is 17.3 Å². The summed E-state index contributed by atoms with van der Waals surface area (Å²) in [5.74, 6) is -0.798. The topological polar surface area (TPSA) is 84.6 Å². The first-order valence-corrected chi connectivity index (χ1v) is 5.67. The third-order valence-electron chi connectivity index (χ3n) is 2.47. The van der Waals surface area contributed by atoms with Gasteiger partial charge in [-0.3, -0.25) is 4.79 Å². The predicted molar refractivity (Wildman–Crippen MR) is 65.1 cm³/mol. The van der Waals surface area contributed by atoms with Crippen molar-refractivity contribution < 1.29 is 23.4 Å². The normalized spacial score (nSPS) is 14.0. The van der Waals surface area contributed by atoms with Crippen molar-refractivity contribution in [2.75, 3.05) is 6.54 Å². The van der Waals surface area contributed by atoms with Crippen molar-refractivity contribution in [1.29, 1.82) is 0 Å². The second-order valence-corrected chi connectivity index (χ2v) is 3.99. The summed E-state index contributed by atoms with van der Waals surface area (Å²) in [4.78, 5) is 11.8. The molecule has 1 aromatic carbocycles. The highest BCUT2D eigenvalue weighted by atomic mass is 19.3. The van der Waals surface area contributed by atoms with Crippen LogP contribution >= 0.6 is 0 Å².